The summed E-state index contributed by atoms with van der Waals surface area (Å²) in [4.78, 5) is 0. The van der Waals surface area contributed by atoms with Gasteiger partial charge in [-0.2, -0.15) is 0 Å². The van der Waals surface area contributed by atoms with Gasteiger partial charge in [0, 0.05) is 13.7 Å². The molecule has 0 heterocycles. The van der Waals surface area contributed by atoms with Crippen molar-refractivity contribution in [3.8, 4) is 17.2 Å². The molecule has 0 saturated heterocycles. The molecule has 0 bridgehead atoms. The minimum atomic E-state index is 0.646. The van der Waals surface area contributed by atoms with E-state index in [0.29, 0.717) is 23.9 Å². The molecule has 0 aliphatic carbocycles. The fourth-order valence-electron chi connectivity index (χ4n) is 2.04. The van der Waals surface area contributed by atoms with E-state index in [1.165, 1.54) is 0 Å². The van der Waals surface area contributed by atoms with Crippen LogP contribution in [0.15, 0.2) is 18.7 Å². The molecule has 0 aliphatic rings. The molecule has 0 atom stereocenters. The van der Waals surface area contributed by atoms with Gasteiger partial charge in [0.1, 0.15) is 0 Å². The van der Waals surface area contributed by atoms with Crippen molar-refractivity contribution in [2.75, 3.05) is 34.5 Å². The molecule has 1 aromatic carbocycles. The fraction of sp³-hybridized carbons (Fsp3) is 0.529. The van der Waals surface area contributed by atoms with Gasteiger partial charge in [0.2, 0.25) is 5.75 Å². The number of hydrogen-bond donors (Lipinski definition) is 0. The van der Waals surface area contributed by atoms with E-state index in [2.05, 4.69) is 6.58 Å². The smallest absolute Gasteiger partial charge is 0.203 e. The van der Waals surface area contributed by atoms with Gasteiger partial charge in [-0.25, -0.2) is 0 Å². The first-order valence-corrected chi connectivity index (χ1v) is 7.27. The van der Waals surface area contributed by atoms with Crippen LogP contribution in [-0.4, -0.2) is 34.5 Å². The Kier molecular flexibility index (Phi) is 8.36. The highest BCUT2D eigenvalue weighted by Crippen LogP contribution is 2.38. The molecule has 21 heavy (non-hydrogen) atoms. The normalized spacial score (nSPS) is 10.2. The highest BCUT2D eigenvalue weighted by atomic mass is 16.5. The van der Waals surface area contributed by atoms with Crippen molar-refractivity contribution in [2.24, 2.45) is 0 Å². The lowest BCUT2D eigenvalue weighted by Crippen LogP contribution is -2.02. The van der Waals surface area contributed by atoms with Gasteiger partial charge in [0.25, 0.3) is 0 Å². The summed E-state index contributed by atoms with van der Waals surface area (Å²) in [6.07, 6.45) is 6.13. The summed E-state index contributed by atoms with van der Waals surface area (Å²) >= 11 is 0. The molecule has 0 aliphatic heterocycles. The second-order valence-electron chi connectivity index (χ2n) is 4.71. The molecule has 4 heteroatoms. The molecule has 0 fully saturated rings. The Balaban J connectivity index is 2.55. The van der Waals surface area contributed by atoms with Crippen molar-refractivity contribution < 1.29 is 18.9 Å². The highest BCUT2D eigenvalue weighted by molar-refractivity contribution is 5.61. The lowest BCUT2D eigenvalue weighted by atomic mass is 10.1. The predicted octanol–water partition coefficient (Wildman–Crippen LogP) is 3.93. The van der Waals surface area contributed by atoms with Gasteiger partial charge in [-0.15, -0.1) is 0 Å². The van der Waals surface area contributed by atoms with Crippen LogP contribution in [0.3, 0.4) is 0 Å². The Morgan fingerprint density at radius 1 is 0.905 bits per heavy atom. The number of hydrogen-bond acceptors (Lipinski definition) is 4. The van der Waals surface area contributed by atoms with Crippen LogP contribution < -0.4 is 14.2 Å². The van der Waals surface area contributed by atoms with Crippen molar-refractivity contribution in [3.05, 3.63) is 24.3 Å². The maximum atomic E-state index is 5.84. The second-order valence-corrected chi connectivity index (χ2v) is 4.71. The van der Waals surface area contributed by atoms with Gasteiger partial charge in [-0.1, -0.05) is 19.1 Å². The highest BCUT2D eigenvalue weighted by Gasteiger charge is 2.13. The lowest BCUT2D eigenvalue weighted by molar-refractivity contribution is 0.190. The first-order valence-electron chi connectivity index (χ1n) is 7.27. The maximum Gasteiger partial charge on any atom is 0.203 e. The van der Waals surface area contributed by atoms with E-state index in [-0.39, 0.29) is 0 Å². The standard InChI is InChI=1S/C17H26O4/c1-5-14-12-15(19-3)17(16(13-14)20-4)21-11-9-7-6-8-10-18-2/h5,12-13H,1,6-11H2,2-4H3. The van der Waals surface area contributed by atoms with Crippen LogP contribution in [-0.2, 0) is 4.74 Å². The molecule has 0 spiro atoms. The predicted molar refractivity (Wildman–Crippen MR) is 85.5 cm³/mol. The van der Waals surface area contributed by atoms with Crippen LogP contribution in [0.4, 0.5) is 0 Å². The molecule has 4 nitrogen and oxygen atoms in total. The number of ether oxygens (including phenoxy) is 4. The largest absolute Gasteiger partial charge is 0.493 e. The molecule has 0 N–H and O–H groups in total. The third kappa shape index (κ3) is 5.68. The fourth-order valence-corrected chi connectivity index (χ4v) is 2.04. The molecular formula is C17H26O4. The van der Waals surface area contributed by atoms with Gasteiger partial charge >= 0.3 is 0 Å². The Bertz CT molecular complexity index is 404. The second kappa shape index (κ2) is 10.1. The van der Waals surface area contributed by atoms with E-state index in [4.69, 9.17) is 18.9 Å². The van der Waals surface area contributed by atoms with Gasteiger partial charge in [0.05, 0.1) is 20.8 Å². The Morgan fingerprint density at radius 2 is 1.48 bits per heavy atom. The van der Waals surface area contributed by atoms with Crippen LogP contribution in [0.1, 0.15) is 31.2 Å². The minimum Gasteiger partial charge on any atom is -0.493 e. The molecule has 0 amide bonds. The molecule has 0 unspecified atom stereocenters. The van der Waals surface area contributed by atoms with Crippen molar-refractivity contribution in [1.29, 1.82) is 0 Å². The Labute approximate surface area is 127 Å². The molecule has 0 aromatic heterocycles. The number of rotatable bonds is 11. The van der Waals surface area contributed by atoms with E-state index in [0.717, 1.165) is 37.9 Å². The summed E-state index contributed by atoms with van der Waals surface area (Å²) < 4.78 is 21.6. The van der Waals surface area contributed by atoms with Crippen molar-refractivity contribution in [3.63, 3.8) is 0 Å². The molecule has 1 aromatic rings. The maximum absolute atomic E-state index is 5.84. The first-order chi connectivity index (χ1) is 10.3. The zero-order chi connectivity index (χ0) is 15.5. The monoisotopic (exact) mass is 294 g/mol. The first kappa shape index (κ1) is 17.4. The summed E-state index contributed by atoms with van der Waals surface area (Å²) in [6.45, 7) is 5.23. The van der Waals surface area contributed by atoms with Gasteiger partial charge < -0.3 is 18.9 Å². The Morgan fingerprint density at radius 3 is 1.95 bits per heavy atom. The van der Waals surface area contributed by atoms with Gasteiger partial charge in [-0.05, 0) is 37.0 Å². The molecule has 118 valence electrons. The van der Waals surface area contributed by atoms with Crippen LogP contribution >= 0.6 is 0 Å². The summed E-state index contributed by atoms with van der Waals surface area (Å²) in [5.74, 6) is 2.00. The van der Waals surface area contributed by atoms with E-state index >= 15 is 0 Å². The summed E-state index contributed by atoms with van der Waals surface area (Å²) in [6, 6.07) is 3.78. The van der Waals surface area contributed by atoms with E-state index in [9.17, 15) is 0 Å². The SMILES string of the molecule is C=Cc1cc(OC)c(OCCCCCCOC)c(OC)c1. The van der Waals surface area contributed by atoms with E-state index in [1.807, 2.05) is 12.1 Å². The number of unbranched alkanes of at least 4 members (excludes halogenated alkanes) is 3. The Hall–Kier alpha value is -1.68. The summed E-state index contributed by atoms with van der Waals surface area (Å²) in [7, 11) is 4.98. The lowest BCUT2D eigenvalue weighted by Gasteiger charge is -2.15. The third-order valence-corrected chi connectivity index (χ3v) is 3.21. The minimum absolute atomic E-state index is 0.646. The van der Waals surface area contributed by atoms with Gasteiger partial charge in [-0.3, -0.25) is 0 Å². The van der Waals surface area contributed by atoms with Crippen LogP contribution in [0, 0.1) is 0 Å². The van der Waals surface area contributed by atoms with Crippen molar-refractivity contribution in [2.45, 2.75) is 25.7 Å². The molecule has 0 saturated carbocycles. The average Bonchev–Trinajstić information content (AvgIpc) is 2.53. The van der Waals surface area contributed by atoms with Crippen LogP contribution in [0.2, 0.25) is 0 Å². The zero-order valence-electron chi connectivity index (χ0n) is 13.3. The van der Waals surface area contributed by atoms with E-state index in [1.54, 1.807) is 27.4 Å². The molecular weight excluding hydrogens is 268 g/mol. The molecule has 0 radical (unpaired) electrons. The van der Waals surface area contributed by atoms with Gasteiger partial charge in [0.15, 0.2) is 11.5 Å². The summed E-state index contributed by atoms with van der Waals surface area (Å²) in [5, 5.41) is 0. The number of benzene rings is 1. The molecule has 1 rings (SSSR count). The van der Waals surface area contributed by atoms with Crippen molar-refractivity contribution >= 4 is 6.08 Å². The summed E-state index contributed by atoms with van der Waals surface area (Å²) in [5.41, 5.74) is 0.940. The van der Waals surface area contributed by atoms with E-state index < -0.39 is 0 Å². The number of methoxy groups -OCH3 is 3. The van der Waals surface area contributed by atoms with Crippen LogP contribution in [0.25, 0.3) is 6.08 Å². The quantitative estimate of drug-likeness (QED) is 0.579. The zero-order valence-corrected chi connectivity index (χ0v) is 13.3. The topological polar surface area (TPSA) is 36.9 Å². The average molecular weight is 294 g/mol. The third-order valence-electron chi connectivity index (χ3n) is 3.21. The van der Waals surface area contributed by atoms with Crippen molar-refractivity contribution in [1.82, 2.24) is 0 Å². The van der Waals surface area contributed by atoms with Crippen LogP contribution in [0.5, 0.6) is 17.2 Å².